The van der Waals surface area contributed by atoms with E-state index in [4.69, 9.17) is 18.1 Å². The topological polar surface area (TPSA) is 38.9 Å². The van der Waals surface area contributed by atoms with Crippen molar-refractivity contribution in [1.82, 2.24) is 9.97 Å². The quantitative estimate of drug-likeness (QED) is 0.176. The fourth-order valence-electron chi connectivity index (χ4n) is 7.11. The van der Waals surface area contributed by atoms with E-state index in [-0.39, 0.29) is 54.2 Å². The fourth-order valence-corrected chi connectivity index (χ4v) is 8.18. The van der Waals surface area contributed by atoms with Gasteiger partial charge in [0.05, 0.1) is 15.1 Å². The first-order valence-electron chi connectivity index (χ1n) is 21.4. The molecule has 0 radical (unpaired) electrons. The lowest BCUT2D eigenvalue weighted by molar-refractivity contribution is 0.667. The van der Waals surface area contributed by atoms with Crippen molar-refractivity contribution in [3.63, 3.8) is 0 Å². The zero-order valence-corrected chi connectivity index (χ0v) is 26.7. The zero-order chi connectivity index (χ0) is 42.3. The van der Waals surface area contributed by atoms with Crippen molar-refractivity contribution in [3.8, 4) is 33.5 Å². The Morgan fingerprint density at radius 2 is 1.18 bits per heavy atom. The van der Waals surface area contributed by atoms with Crippen LogP contribution in [0.1, 0.15) is 15.1 Å². The molecule has 0 aliphatic heterocycles. The van der Waals surface area contributed by atoms with E-state index in [9.17, 15) is 1.37 Å². The highest BCUT2D eigenvalue weighted by molar-refractivity contribution is 7.26. The Kier molecular flexibility index (Phi) is 4.01. The molecule has 11 aromatic rings. The lowest BCUT2D eigenvalue weighted by atomic mass is 9.92. The summed E-state index contributed by atoms with van der Waals surface area (Å²) in [6.07, 6.45) is 1.28. The van der Waals surface area contributed by atoms with Crippen molar-refractivity contribution >= 4 is 85.9 Å². The summed E-state index contributed by atoms with van der Waals surface area (Å²) in [7, 11) is 0. The molecule has 0 amide bonds. The predicted octanol–water partition coefficient (Wildman–Crippen LogP) is 13.2. The second-order valence-corrected chi connectivity index (χ2v) is 13.1. The van der Waals surface area contributed by atoms with E-state index in [0.717, 1.165) is 38.6 Å². The van der Waals surface area contributed by atoms with E-state index in [2.05, 4.69) is 58.5 Å². The molecule has 50 heavy (non-hydrogen) atoms. The minimum atomic E-state index is -0.582. The third-order valence-corrected chi connectivity index (χ3v) is 10.5. The smallest absolute Gasteiger partial charge is 0.180 e. The first-order valence-corrected chi connectivity index (χ1v) is 16.7. The van der Waals surface area contributed by atoms with E-state index in [1.807, 2.05) is 36.4 Å². The highest BCUT2D eigenvalue weighted by atomic mass is 32.1. The number of furan rings is 1. The van der Waals surface area contributed by atoms with Crippen molar-refractivity contribution in [2.24, 2.45) is 0 Å². The molecule has 3 nitrogen and oxygen atoms in total. The summed E-state index contributed by atoms with van der Waals surface area (Å²) in [5.41, 5.74) is 2.27. The van der Waals surface area contributed by atoms with Gasteiger partial charge in [-0.05, 0) is 84.9 Å². The summed E-state index contributed by atoms with van der Waals surface area (Å²) in [6.45, 7) is 0. The van der Waals surface area contributed by atoms with Gasteiger partial charge in [-0.15, -0.1) is 11.3 Å². The molecule has 0 N–H and O–H groups in total. The SMILES string of the molecule is [2H]c1c([2H])c(-c2ncnc3c2oc2ccc(-c4ccc5c6ccccc6c6ccccc6c5c4)cc23)c([2H])c(-c2c([2H])c([2H])c([2H])c3c2sc2c([2H])c([2H])c([2H])c([2H])c23)c1[2H]. The standard InChI is InChI=1S/C46H26N2OS/c1-2-13-34-32(11-1)33-12-3-4-14-35(33)39-24-27(19-21-36(34)39)28-20-22-41-40(25-28)44-45(49-41)43(47-26-48-44)30-10-7-9-29(23-30)31-16-8-17-38-37-15-5-6-18-42(37)50-46(31)38/h1-26H/i5D,6D,7D,8D,9D,10D,15D,16D,17D,18D,23D. The third kappa shape index (κ3) is 4.03. The van der Waals surface area contributed by atoms with Crippen molar-refractivity contribution in [2.45, 2.75) is 0 Å². The number of aromatic nitrogens is 2. The molecule has 3 heterocycles. The van der Waals surface area contributed by atoms with Gasteiger partial charge in [0.15, 0.2) is 5.58 Å². The third-order valence-electron chi connectivity index (χ3n) is 9.38. The zero-order valence-electron chi connectivity index (χ0n) is 36.9. The van der Waals surface area contributed by atoms with Crippen LogP contribution in [0.3, 0.4) is 0 Å². The van der Waals surface area contributed by atoms with Gasteiger partial charge in [0.25, 0.3) is 0 Å². The predicted molar refractivity (Wildman–Crippen MR) is 211 cm³/mol. The molecule has 0 saturated heterocycles. The molecule has 0 bridgehead atoms. The van der Waals surface area contributed by atoms with Gasteiger partial charge in [-0.1, -0.05) is 121 Å². The van der Waals surface area contributed by atoms with Crippen LogP contribution in [-0.4, -0.2) is 9.97 Å². The molecule has 3 aromatic heterocycles. The van der Waals surface area contributed by atoms with Gasteiger partial charge in [0, 0.05) is 31.1 Å². The van der Waals surface area contributed by atoms with Crippen LogP contribution in [-0.2, 0) is 0 Å². The molecule has 8 aromatic carbocycles. The van der Waals surface area contributed by atoms with Crippen molar-refractivity contribution in [2.75, 3.05) is 0 Å². The van der Waals surface area contributed by atoms with Crippen LogP contribution < -0.4 is 0 Å². The first kappa shape index (κ1) is 19.0. The van der Waals surface area contributed by atoms with E-state index < -0.39 is 60.4 Å². The molecule has 11 rings (SSSR count). The Morgan fingerprint density at radius 1 is 0.520 bits per heavy atom. The van der Waals surface area contributed by atoms with E-state index in [1.165, 1.54) is 22.5 Å². The maximum absolute atomic E-state index is 9.57. The lowest BCUT2D eigenvalue weighted by Gasteiger charge is -2.12. The highest BCUT2D eigenvalue weighted by Gasteiger charge is 2.18. The fraction of sp³-hybridized carbons (Fsp3) is 0. The number of hydrogen-bond donors (Lipinski definition) is 0. The lowest BCUT2D eigenvalue weighted by Crippen LogP contribution is -1.88. The largest absolute Gasteiger partial charge is 0.452 e. The number of thiophene rings is 1. The van der Waals surface area contributed by atoms with E-state index >= 15 is 0 Å². The Balaban J connectivity index is 1.13. The maximum atomic E-state index is 9.57. The van der Waals surface area contributed by atoms with Crippen LogP contribution in [0.25, 0.3) is 108 Å². The molecule has 0 fully saturated rings. The Hall–Kier alpha value is -6.36. The molecule has 0 aliphatic carbocycles. The van der Waals surface area contributed by atoms with Gasteiger partial charge < -0.3 is 4.42 Å². The number of benzene rings is 8. The molecule has 0 saturated carbocycles. The molecule has 0 atom stereocenters. The van der Waals surface area contributed by atoms with Crippen LogP contribution in [0.4, 0.5) is 0 Å². The summed E-state index contributed by atoms with van der Waals surface area (Å²) in [6, 6.07) is 23.5. The van der Waals surface area contributed by atoms with Crippen molar-refractivity contribution in [1.29, 1.82) is 0 Å². The average molecular weight is 666 g/mol. The Morgan fingerprint density at radius 3 is 2.00 bits per heavy atom. The van der Waals surface area contributed by atoms with Gasteiger partial charge in [-0.25, -0.2) is 9.97 Å². The summed E-state index contributed by atoms with van der Waals surface area (Å²) in [4.78, 5) is 9.05. The summed E-state index contributed by atoms with van der Waals surface area (Å²) in [5.74, 6) is 0. The van der Waals surface area contributed by atoms with E-state index in [0.29, 0.717) is 16.5 Å². The average Bonchev–Trinajstić information content (AvgIpc) is 3.87. The van der Waals surface area contributed by atoms with Gasteiger partial charge in [-0.2, -0.15) is 0 Å². The van der Waals surface area contributed by atoms with Gasteiger partial charge in [0.1, 0.15) is 23.1 Å². The molecule has 4 heteroatoms. The number of fused-ring (bicyclic) bond motifs is 12. The number of rotatable bonds is 3. The number of nitrogens with zero attached hydrogens (tertiary/aromatic N) is 2. The van der Waals surface area contributed by atoms with Crippen LogP contribution in [0.2, 0.25) is 0 Å². The molecular formula is C46H26N2OS. The van der Waals surface area contributed by atoms with Gasteiger partial charge in [0.2, 0.25) is 0 Å². The second-order valence-electron chi connectivity index (χ2n) is 12.1. The highest BCUT2D eigenvalue weighted by Crippen LogP contribution is 2.42. The Bertz CT molecular complexity index is 3770. The van der Waals surface area contributed by atoms with Crippen molar-refractivity contribution in [3.05, 3.63) is 158 Å². The minimum absolute atomic E-state index is 0.00284. The normalized spacial score (nSPS) is 15.1. The second kappa shape index (κ2) is 10.6. The first-order chi connectivity index (χ1) is 29.4. The van der Waals surface area contributed by atoms with Gasteiger partial charge in [-0.3, -0.25) is 0 Å². The summed E-state index contributed by atoms with van der Waals surface area (Å²) < 4.78 is 104. The van der Waals surface area contributed by atoms with Crippen LogP contribution in [0, 0.1) is 0 Å². The molecule has 0 spiro atoms. The van der Waals surface area contributed by atoms with Crippen molar-refractivity contribution < 1.29 is 19.5 Å². The van der Waals surface area contributed by atoms with Crippen LogP contribution in [0.15, 0.2) is 162 Å². The summed E-state index contributed by atoms with van der Waals surface area (Å²) in [5, 5.41) is 7.53. The summed E-state index contributed by atoms with van der Waals surface area (Å²) >= 11 is 0.866. The molecule has 0 aliphatic rings. The minimum Gasteiger partial charge on any atom is -0.452 e. The molecule has 0 unspecified atom stereocenters. The monoisotopic (exact) mass is 665 g/mol. The van der Waals surface area contributed by atoms with Crippen LogP contribution >= 0.6 is 11.3 Å². The Labute approximate surface area is 306 Å². The maximum Gasteiger partial charge on any atom is 0.180 e. The molecule has 232 valence electrons. The molecular weight excluding hydrogens is 629 g/mol. The van der Waals surface area contributed by atoms with Gasteiger partial charge >= 0.3 is 0 Å². The number of hydrogen-bond acceptors (Lipinski definition) is 4. The van der Waals surface area contributed by atoms with Crippen LogP contribution in [0.5, 0.6) is 0 Å². The van der Waals surface area contributed by atoms with E-state index in [1.54, 1.807) is 0 Å².